The standard InChI is InChI=1S/C21H22F3N3O5S/c1-14(19(28)26-17-6-4-16(5-7-17)21(22,23)24)32-20(29)15-8-11-27(12-9-15)33(30,31)18-3-2-10-25-13-18/h2-7,10,13-15H,8-9,11-12H2,1H3,(H,26,28). The van der Waals surface area contributed by atoms with Gasteiger partial charge in [0.2, 0.25) is 10.0 Å². The number of sulfonamides is 1. The van der Waals surface area contributed by atoms with Crippen molar-refractivity contribution in [1.29, 1.82) is 0 Å². The van der Waals surface area contributed by atoms with Gasteiger partial charge in [-0.3, -0.25) is 14.6 Å². The number of rotatable bonds is 6. The smallest absolute Gasteiger partial charge is 0.416 e. The molecular weight excluding hydrogens is 463 g/mol. The van der Waals surface area contributed by atoms with Gasteiger partial charge in [-0.15, -0.1) is 0 Å². The Kier molecular flexibility index (Phi) is 7.38. The van der Waals surface area contributed by atoms with E-state index in [0.717, 1.165) is 24.3 Å². The van der Waals surface area contributed by atoms with Gasteiger partial charge in [0.15, 0.2) is 6.10 Å². The number of alkyl halides is 3. The summed E-state index contributed by atoms with van der Waals surface area (Å²) in [4.78, 5) is 28.6. The van der Waals surface area contributed by atoms with Gasteiger partial charge in [-0.2, -0.15) is 17.5 Å². The van der Waals surface area contributed by atoms with Crippen LogP contribution >= 0.6 is 0 Å². The van der Waals surface area contributed by atoms with E-state index in [-0.39, 0.29) is 36.5 Å². The first kappa shape index (κ1) is 24.6. The summed E-state index contributed by atoms with van der Waals surface area (Å²) < 4.78 is 69.6. The Morgan fingerprint density at radius 2 is 1.79 bits per heavy atom. The van der Waals surface area contributed by atoms with Crippen molar-refractivity contribution in [2.24, 2.45) is 5.92 Å². The van der Waals surface area contributed by atoms with Crippen molar-refractivity contribution in [2.75, 3.05) is 18.4 Å². The van der Waals surface area contributed by atoms with Gasteiger partial charge in [-0.25, -0.2) is 8.42 Å². The number of anilines is 1. The van der Waals surface area contributed by atoms with Crippen LogP contribution in [-0.2, 0) is 30.5 Å². The van der Waals surface area contributed by atoms with Crippen LogP contribution in [0.4, 0.5) is 18.9 Å². The lowest BCUT2D eigenvalue weighted by Gasteiger charge is -2.30. The molecule has 1 aromatic carbocycles. The molecule has 1 unspecified atom stereocenters. The number of benzene rings is 1. The fraction of sp³-hybridized carbons (Fsp3) is 0.381. The maximum atomic E-state index is 12.6. The summed E-state index contributed by atoms with van der Waals surface area (Å²) in [6.07, 6.45) is -2.49. The number of nitrogens with zero attached hydrogens (tertiary/aromatic N) is 2. The van der Waals surface area contributed by atoms with E-state index < -0.39 is 45.7 Å². The van der Waals surface area contributed by atoms with Crippen LogP contribution in [0.5, 0.6) is 0 Å². The van der Waals surface area contributed by atoms with Crippen LogP contribution in [0.1, 0.15) is 25.3 Å². The molecule has 1 aliphatic rings. The molecule has 0 saturated carbocycles. The molecule has 1 aliphatic heterocycles. The van der Waals surface area contributed by atoms with Gasteiger partial charge in [0.05, 0.1) is 11.5 Å². The van der Waals surface area contributed by atoms with Crippen molar-refractivity contribution in [3.63, 3.8) is 0 Å². The third-order valence-electron chi connectivity index (χ3n) is 5.20. The lowest BCUT2D eigenvalue weighted by atomic mass is 9.98. The quantitative estimate of drug-likeness (QED) is 0.631. The number of pyridine rings is 1. The molecule has 1 saturated heterocycles. The highest BCUT2D eigenvalue weighted by molar-refractivity contribution is 7.89. The van der Waals surface area contributed by atoms with E-state index in [4.69, 9.17) is 4.74 Å². The number of carbonyl (C=O) groups is 2. The fourth-order valence-corrected chi connectivity index (χ4v) is 4.73. The summed E-state index contributed by atoms with van der Waals surface area (Å²) in [5, 5.41) is 2.40. The zero-order chi connectivity index (χ0) is 24.2. The number of hydrogen-bond acceptors (Lipinski definition) is 6. The van der Waals surface area contributed by atoms with Crippen LogP contribution in [0.3, 0.4) is 0 Å². The lowest BCUT2D eigenvalue weighted by Crippen LogP contribution is -2.41. The van der Waals surface area contributed by atoms with E-state index in [1.54, 1.807) is 0 Å². The second-order valence-corrected chi connectivity index (χ2v) is 9.45. The summed E-state index contributed by atoms with van der Waals surface area (Å²) in [5.41, 5.74) is -0.721. The Labute approximate surface area is 188 Å². The number of hydrogen-bond donors (Lipinski definition) is 1. The van der Waals surface area contributed by atoms with E-state index in [9.17, 15) is 31.2 Å². The van der Waals surface area contributed by atoms with Crippen LogP contribution in [0.25, 0.3) is 0 Å². The molecule has 12 heteroatoms. The fourth-order valence-electron chi connectivity index (χ4n) is 3.29. The molecule has 0 bridgehead atoms. The second-order valence-electron chi connectivity index (χ2n) is 7.51. The molecule has 8 nitrogen and oxygen atoms in total. The number of amides is 1. The summed E-state index contributed by atoms with van der Waals surface area (Å²) in [6.45, 7) is 1.57. The van der Waals surface area contributed by atoms with E-state index in [0.29, 0.717) is 0 Å². The Morgan fingerprint density at radius 3 is 2.33 bits per heavy atom. The number of nitrogens with one attached hydrogen (secondary N) is 1. The van der Waals surface area contributed by atoms with Gasteiger partial charge in [0.25, 0.3) is 5.91 Å². The number of aromatic nitrogens is 1. The zero-order valence-electron chi connectivity index (χ0n) is 17.6. The minimum absolute atomic E-state index is 0.0691. The number of carbonyl (C=O) groups excluding carboxylic acids is 2. The minimum Gasteiger partial charge on any atom is -0.452 e. The first-order valence-electron chi connectivity index (χ1n) is 10.1. The predicted molar refractivity (Wildman–Crippen MR) is 111 cm³/mol. The molecule has 1 N–H and O–H groups in total. The van der Waals surface area contributed by atoms with Gasteiger partial charge < -0.3 is 10.1 Å². The van der Waals surface area contributed by atoms with E-state index in [1.807, 2.05) is 0 Å². The molecule has 0 aliphatic carbocycles. The Balaban J connectivity index is 1.50. The molecular formula is C21H22F3N3O5S. The summed E-state index contributed by atoms with van der Waals surface area (Å²) >= 11 is 0. The monoisotopic (exact) mass is 485 g/mol. The second kappa shape index (κ2) is 9.87. The van der Waals surface area contributed by atoms with Crippen molar-refractivity contribution in [2.45, 2.75) is 36.9 Å². The number of halogens is 3. The molecule has 2 heterocycles. The van der Waals surface area contributed by atoms with E-state index in [1.165, 1.54) is 35.8 Å². The average Bonchev–Trinajstić information content (AvgIpc) is 2.79. The van der Waals surface area contributed by atoms with Gasteiger partial charge in [-0.1, -0.05) is 0 Å². The topological polar surface area (TPSA) is 106 Å². The first-order chi connectivity index (χ1) is 15.5. The van der Waals surface area contributed by atoms with E-state index >= 15 is 0 Å². The van der Waals surface area contributed by atoms with Crippen LogP contribution in [-0.4, -0.2) is 48.8 Å². The van der Waals surface area contributed by atoms with Crippen molar-refractivity contribution in [3.05, 3.63) is 54.4 Å². The Hall–Kier alpha value is -2.99. The minimum atomic E-state index is -4.49. The Bertz CT molecular complexity index is 1080. The SMILES string of the molecule is CC(OC(=O)C1CCN(S(=O)(=O)c2cccnc2)CC1)C(=O)Nc1ccc(C(F)(F)F)cc1. The number of esters is 1. The molecule has 0 spiro atoms. The van der Waals surface area contributed by atoms with Gasteiger partial charge in [-0.05, 0) is 56.2 Å². The average molecular weight is 485 g/mol. The van der Waals surface area contributed by atoms with Crippen LogP contribution in [0.15, 0.2) is 53.7 Å². The molecule has 1 aromatic heterocycles. The van der Waals surface area contributed by atoms with Crippen molar-refractivity contribution in [1.82, 2.24) is 9.29 Å². The first-order valence-corrected chi connectivity index (χ1v) is 11.5. The molecule has 1 amide bonds. The molecule has 178 valence electrons. The summed E-state index contributed by atoms with van der Waals surface area (Å²) in [7, 11) is -3.71. The maximum absolute atomic E-state index is 12.6. The van der Waals surface area contributed by atoms with Crippen molar-refractivity contribution < 1.29 is 35.9 Å². The van der Waals surface area contributed by atoms with Crippen LogP contribution < -0.4 is 5.32 Å². The van der Waals surface area contributed by atoms with Crippen LogP contribution in [0.2, 0.25) is 0 Å². The highest BCUT2D eigenvalue weighted by atomic mass is 32.2. The molecule has 2 aromatic rings. The largest absolute Gasteiger partial charge is 0.452 e. The highest BCUT2D eigenvalue weighted by Gasteiger charge is 2.34. The van der Waals surface area contributed by atoms with Crippen molar-refractivity contribution >= 4 is 27.6 Å². The summed E-state index contributed by atoms with van der Waals surface area (Å²) in [6, 6.07) is 6.84. The highest BCUT2D eigenvalue weighted by Crippen LogP contribution is 2.30. The summed E-state index contributed by atoms with van der Waals surface area (Å²) in [5.74, 6) is -1.91. The molecule has 1 atom stereocenters. The van der Waals surface area contributed by atoms with Gasteiger partial charge in [0, 0.05) is 31.2 Å². The molecule has 3 rings (SSSR count). The maximum Gasteiger partial charge on any atom is 0.416 e. The molecule has 1 fully saturated rings. The normalized spacial score (nSPS) is 16.7. The van der Waals surface area contributed by atoms with Gasteiger partial charge >= 0.3 is 12.1 Å². The third-order valence-corrected chi connectivity index (χ3v) is 7.08. The molecule has 33 heavy (non-hydrogen) atoms. The predicted octanol–water partition coefficient (Wildman–Crippen LogP) is 3.07. The Morgan fingerprint density at radius 1 is 1.15 bits per heavy atom. The van der Waals surface area contributed by atoms with Crippen molar-refractivity contribution in [3.8, 4) is 0 Å². The molecule has 0 radical (unpaired) electrons. The number of piperidine rings is 1. The lowest BCUT2D eigenvalue weighted by molar-refractivity contribution is -0.158. The van der Waals surface area contributed by atoms with Gasteiger partial charge in [0.1, 0.15) is 4.90 Å². The van der Waals surface area contributed by atoms with Crippen LogP contribution in [0, 0.1) is 5.92 Å². The van der Waals surface area contributed by atoms with E-state index in [2.05, 4.69) is 10.3 Å². The zero-order valence-corrected chi connectivity index (χ0v) is 18.4. The third kappa shape index (κ3) is 6.08. The number of ether oxygens (including phenoxy) is 1.